The molecule has 0 aromatic heterocycles. The van der Waals surface area contributed by atoms with E-state index in [1.165, 1.54) is 12.8 Å². The van der Waals surface area contributed by atoms with Crippen molar-refractivity contribution in [1.82, 2.24) is 5.32 Å². The van der Waals surface area contributed by atoms with Gasteiger partial charge in [-0.05, 0) is 39.2 Å². The zero-order chi connectivity index (χ0) is 13.4. The second-order valence-electron chi connectivity index (χ2n) is 5.26. The van der Waals surface area contributed by atoms with Gasteiger partial charge in [0, 0.05) is 6.61 Å². The highest BCUT2D eigenvalue weighted by Crippen LogP contribution is 2.32. The van der Waals surface area contributed by atoms with Gasteiger partial charge in [0.05, 0.1) is 13.2 Å². The predicted octanol–water partition coefficient (Wildman–Crippen LogP) is 2.12. The predicted molar refractivity (Wildman–Crippen MR) is 71.5 cm³/mol. The molecule has 106 valence electrons. The van der Waals surface area contributed by atoms with E-state index in [2.05, 4.69) is 12.2 Å². The van der Waals surface area contributed by atoms with Crippen LogP contribution in [0, 0.1) is 5.92 Å². The quantitative estimate of drug-likeness (QED) is 0.481. The summed E-state index contributed by atoms with van der Waals surface area (Å²) >= 11 is 0. The molecule has 0 bridgehead atoms. The zero-order valence-corrected chi connectivity index (χ0v) is 12.0. The van der Waals surface area contributed by atoms with E-state index in [0.717, 1.165) is 31.9 Å². The fourth-order valence-corrected chi connectivity index (χ4v) is 1.81. The Bertz CT molecular complexity index is 253. The molecule has 0 saturated heterocycles. The number of esters is 1. The molecule has 1 aliphatic carbocycles. The molecule has 1 N–H and O–H groups in total. The van der Waals surface area contributed by atoms with E-state index in [0.29, 0.717) is 13.2 Å². The van der Waals surface area contributed by atoms with Crippen LogP contribution in [0.5, 0.6) is 0 Å². The molecule has 1 atom stereocenters. The van der Waals surface area contributed by atoms with Crippen molar-refractivity contribution >= 4 is 5.97 Å². The summed E-state index contributed by atoms with van der Waals surface area (Å²) in [4.78, 5) is 11.9. The largest absolute Gasteiger partial charge is 0.465 e. The van der Waals surface area contributed by atoms with Gasteiger partial charge >= 0.3 is 5.97 Å². The van der Waals surface area contributed by atoms with Crippen molar-refractivity contribution in [3.63, 3.8) is 0 Å². The second kappa shape index (κ2) is 7.74. The van der Waals surface area contributed by atoms with Gasteiger partial charge in [0.2, 0.25) is 0 Å². The topological polar surface area (TPSA) is 47.6 Å². The van der Waals surface area contributed by atoms with Gasteiger partial charge in [-0.1, -0.05) is 19.8 Å². The third kappa shape index (κ3) is 5.36. The maximum absolute atomic E-state index is 11.9. The summed E-state index contributed by atoms with van der Waals surface area (Å²) in [5, 5.41) is 3.23. The highest BCUT2D eigenvalue weighted by Gasteiger charge is 2.34. The standard InChI is InChI=1S/C14H27NO3/c1-4-9-15-14(3,13(16)18-5-2)11-17-10-8-12-6-7-12/h12,15H,4-11H2,1-3H3. The molecular formula is C14H27NO3. The molecule has 0 aliphatic heterocycles. The maximum Gasteiger partial charge on any atom is 0.328 e. The van der Waals surface area contributed by atoms with Gasteiger partial charge in [0.25, 0.3) is 0 Å². The first-order chi connectivity index (χ1) is 8.62. The fraction of sp³-hybridized carbons (Fsp3) is 0.929. The molecule has 0 heterocycles. The lowest BCUT2D eigenvalue weighted by atomic mass is 10.0. The van der Waals surface area contributed by atoms with Crippen molar-refractivity contribution in [2.45, 2.75) is 52.0 Å². The van der Waals surface area contributed by atoms with Crippen molar-refractivity contribution in [2.24, 2.45) is 5.92 Å². The molecule has 1 saturated carbocycles. The Labute approximate surface area is 110 Å². The van der Waals surface area contributed by atoms with Crippen LogP contribution in [0.15, 0.2) is 0 Å². The highest BCUT2D eigenvalue weighted by atomic mass is 16.5. The van der Waals surface area contributed by atoms with Crippen LogP contribution in [0.4, 0.5) is 0 Å². The molecule has 4 heteroatoms. The molecule has 1 aliphatic rings. The van der Waals surface area contributed by atoms with Crippen LogP contribution in [-0.4, -0.2) is 37.9 Å². The van der Waals surface area contributed by atoms with Crippen LogP contribution in [-0.2, 0) is 14.3 Å². The normalized spacial score (nSPS) is 18.4. The molecule has 0 spiro atoms. The average molecular weight is 257 g/mol. The summed E-state index contributed by atoms with van der Waals surface area (Å²) in [6.45, 7) is 8.09. The molecular weight excluding hydrogens is 230 g/mol. The van der Waals surface area contributed by atoms with Crippen LogP contribution < -0.4 is 5.32 Å². The van der Waals surface area contributed by atoms with E-state index in [1.54, 1.807) is 0 Å². The minimum Gasteiger partial charge on any atom is -0.465 e. The van der Waals surface area contributed by atoms with Crippen LogP contribution in [0.25, 0.3) is 0 Å². The van der Waals surface area contributed by atoms with E-state index in [9.17, 15) is 4.79 Å². The van der Waals surface area contributed by atoms with Crippen LogP contribution in [0.1, 0.15) is 46.5 Å². The first-order valence-corrected chi connectivity index (χ1v) is 7.12. The van der Waals surface area contributed by atoms with Gasteiger partial charge in [-0.25, -0.2) is 4.79 Å². The van der Waals surface area contributed by atoms with Gasteiger partial charge in [-0.3, -0.25) is 0 Å². The van der Waals surface area contributed by atoms with E-state index in [4.69, 9.17) is 9.47 Å². The van der Waals surface area contributed by atoms with Crippen molar-refractivity contribution in [3.8, 4) is 0 Å². The summed E-state index contributed by atoms with van der Waals surface area (Å²) < 4.78 is 10.8. The molecule has 1 fully saturated rings. The fourth-order valence-electron chi connectivity index (χ4n) is 1.81. The van der Waals surface area contributed by atoms with Crippen molar-refractivity contribution in [2.75, 3.05) is 26.4 Å². The van der Waals surface area contributed by atoms with Gasteiger partial charge in [-0.15, -0.1) is 0 Å². The third-order valence-corrected chi connectivity index (χ3v) is 3.25. The number of hydrogen-bond acceptors (Lipinski definition) is 4. The molecule has 0 amide bonds. The Balaban J connectivity index is 2.33. The lowest BCUT2D eigenvalue weighted by Gasteiger charge is -2.28. The number of rotatable bonds is 10. The van der Waals surface area contributed by atoms with Crippen LogP contribution in [0.3, 0.4) is 0 Å². The van der Waals surface area contributed by atoms with Gasteiger partial charge < -0.3 is 14.8 Å². The molecule has 1 unspecified atom stereocenters. The minimum absolute atomic E-state index is 0.218. The third-order valence-electron chi connectivity index (χ3n) is 3.25. The van der Waals surface area contributed by atoms with Gasteiger partial charge in [-0.2, -0.15) is 0 Å². The summed E-state index contributed by atoms with van der Waals surface area (Å²) in [7, 11) is 0. The van der Waals surface area contributed by atoms with E-state index < -0.39 is 5.54 Å². The van der Waals surface area contributed by atoms with E-state index in [-0.39, 0.29) is 5.97 Å². The average Bonchev–Trinajstić information content (AvgIpc) is 3.16. The van der Waals surface area contributed by atoms with Crippen molar-refractivity contribution < 1.29 is 14.3 Å². The van der Waals surface area contributed by atoms with Crippen molar-refractivity contribution in [1.29, 1.82) is 0 Å². The Morgan fingerprint density at radius 1 is 1.39 bits per heavy atom. The molecule has 0 aromatic rings. The summed E-state index contributed by atoms with van der Waals surface area (Å²) in [6, 6.07) is 0. The molecule has 4 nitrogen and oxygen atoms in total. The lowest BCUT2D eigenvalue weighted by molar-refractivity contribution is -0.153. The molecule has 0 aromatic carbocycles. The van der Waals surface area contributed by atoms with Crippen LogP contribution >= 0.6 is 0 Å². The smallest absolute Gasteiger partial charge is 0.328 e. The molecule has 18 heavy (non-hydrogen) atoms. The summed E-state index contributed by atoms with van der Waals surface area (Å²) in [5.74, 6) is 0.646. The maximum atomic E-state index is 11.9. The number of nitrogens with one attached hydrogen (secondary N) is 1. The zero-order valence-electron chi connectivity index (χ0n) is 12.0. The summed E-state index contributed by atoms with van der Waals surface area (Å²) in [5.41, 5.74) is -0.713. The second-order valence-corrected chi connectivity index (χ2v) is 5.26. The van der Waals surface area contributed by atoms with Crippen LogP contribution in [0.2, 0.25) is 0 Å². The minimum atomic E-state index is -0.713. The Morgan fingerprint density at radius 3 is 2.67 bits per heavy atom. The first kappa shape index (κ1) is 15.4. The highest BCUT2D eigenvalue weighted by molar-refractivity contribution is 5.80. The Hall–Kier alpha value is -0.610. The Morgan fingerprint density at radius 2 is 2.11 bits per heavy atom. The monoisotopic (exact) mass is 257 g/mol. The first-order valence-electron chi connectivity index (χ1n) is 7.12. The van der Waals surface area contributed by atoms with Gasteiger partial charge in [0.15, 0.2) is 0 Å². The van der Waals surface area contributed by atoms with E-state index in [1.807, 2.05) is 13.8 Å². The number of ether oxygens (including phenoxy) is 2. The SMILES string of the molecule is CCCNC(C)(COCCC1CC1)C(=O)OCC. The van der Waals surface area contributed by atoms with Crippen molar-refractivity contribution in [3.05, 3.63) is 0 Å². The lowest BCUT2D eigenvalue weighted by Crippen LogP contribution is -2.54. The number of hydrogen-bond donors (Lipinski definition) is 1. The number of carbonyl (C=O) groups is 1. The molecule has 1 rings (SSSR count). The Kier molecular flexibility index (Phi) is 6.65. The van der Waals surface area contributed by atoms with Gasteiger partial charge in [0.1, 0.15) is 5.54 Å². The summed E-state index contributed by atoms with van der Waals surface area (Å²) in [6.07, 6.45) is 4.78. The number of carbonyl (C=O) groups excluding carboxylic acids is 1. The molecule has 0 radical (unpaired) electrons. The van der Waals surface area contributed by atoms with E-state index >= 15 is 0 Å².